The van der Waals surface area contributed by atoms with Gasteiger partial charge in [0.2, 0.25) is 0 Å². The number of hydrogen-bond acceptors (Lipinski definition) is 1. The number of furan rings is 1. The van der Waals surface area contributed by atoms with Gasteiger partial charge in [0.15, 0.2) is 0 Å². The second-order valence-corrected chi connectivity index (χ2v) is 38.6. The smallest absolute Gasteiger partial charge is 0.135 e. The van der Waals surface area contributed by atoms with Gasteiger partial charge in [0, 0.05) is 92.8 Å². The third-order valence-electron chi connectivity index (χ3n) is 30.0. The topological polar surface area (TPSA) is 27.9 Å². The summed E-state index contributed by atoms with van der Waals surface area (Å²) in [6.07, 6.45) is 0. The van der Waals surface area contributed by atoms with Gasteiger partial charge in [-0.1, -0.05) is 348 Å². The zero-order chi connectivity index (χ0) is 85.5. The van der Waals surface area contributed by atoms with Gasteiger partial charge in [-0.05, 0) is 242 Å². The molecule has 0 spiro atoms. The summed E-state index contributed by atoms with van der Waals surface area (Å²) >= 11 is 0. The van der Waals surface area contributed by atoms with E-state index in [1.807, 2.05) is 12.1 Å². The molecule has 0 amide bonds. The molecule has 4 heteroatoms. The molecule has 5 aliphatic rings. The summed E-state index contributed by atoms with van der Waals surface area (Å²) in [5, 5.41) is 10.2. The minimum Gasteiger partial charge on any atom is -0.456 e. The molecule has 18 aromatic carbocycles. The lowest BCUT2D eigenvalue weighted by Crippen LogP contribution is -2.15. The number of fused-ring (bicyclic) bond motifs is 29. The van der Waals surface area contributed by atoms with Crippen molar-refractivity contribution in [1.82, 2.24) is 13.7 Å². The fourth-order valence-electron chi connectivity index (χ4n) is 23.7. The third kappa shape index (κ3) is 10.7. The molecule has 0 radical (unpaired) electrons. The van der Waals surface area contributed by atoms with Gasteiger partial charge in [0.1, 0.15) is 11.2 Å². The molecule has 606 valence electrons. The van der Waals surface area contributed by atoms with Gasteiger partial charge >= 0.3 is 0 Å². The second kappa shape index (κ2) is 27.1. The highest BCUT2D eigenvalue weighted by atomic mass is 16.3. The second-order valence-electron chi connectivity index (χ2n) is 38.6. The van der Waals surface area contributed by atoms with E-state index in [2.05, 4.69) is 453 Å². The predicted octanol–water partition coefficient (Wildman–Crippen LogP) is 32.8. The summed E-state index contributed by atoms with van der Waals surface area (Å²) in [5.74, 6) is 0. The zero-order valence-electron chi connectivity index (χ0n) is 73.1. The number of benzene rings is 18. The molecule has 0 saturated heterocycles. The van der Waals surface area contributed by atoms with Crippen molar-refractivity contribution in [2.24, 2.45) is 0 Å². The molecular weight excluding hydrogens is 1540 g/mol. The Balaban J connectivity index is 0.000000104. The van der Waals surface area contributed by atoms with Crippen molar-refractivity contribution in [2.75, 3.05) is 0 Å². The van der Waals surface area contributed by atoms with Crippen molar-refractivity contribution in [2.45, 2.75) is 96.3 Å². The number of aromatic nitrogens is 3. The minimum atomic E-state index is -0.0645. The van der Waals surface area contributed by atoms with Crippen LogP contribution >= 0.6 is 0 Å². The lowest BCUT2D eigenvalue weighted by atomic mass is 9.80. The van der Waals surface area contributed by atoms with Crippen molar-refractivity contribution in [3.63, 3.8) is 0 Å². The Kier molecular flexibility index (Phi) is 15.9. The Bertz CT molecular complexity index is 8450. The van der Waals surface area contributed by atoms with Crippen LogP contribution in [0.1, 0.15) is 125 Å². The van der Waals surface area contributed by atoms with E-state index < -0.39 is 0 Å². The first-order valence-corrected chi connectivity index (χ1v) is 45.0. The van der Waals surface area contributed by atoms with E-state index in [1.165, 1.54) is 227 Å². The molecule has 4 nitrogen and oxygen atoms in total. The summed E-state index contributed by atoms with van der Waals surface area (Å²) in [6.45, 7) is 23.6. The molecule has 0 fully saturated rings. The Morgan fingerprint density at radius 2 is 0.551 bits per heavy atom. The molecule has 4 heterocycles. The van der Waals surface area contributed by atoms with E-state index in [9.17, 15) is 0 Å². The summed E-state index contributed by atoms with van der Waals surface area (Å²) in [4.78, 5) is 0. The number of nitrogens with zero attached hydrogens (tertiary/aromatic N) is 3. The van der Waals surface area contributed by atoms with Crippen LogP contribution in [0, 0.1) is 0 Å². The molecule has 5 aliphatic carbocycles. The Morgan fingerprint density at radius 3 is 1.10 bits per heavy atom. The Morgan fingerprint density at radius 1 is 0.189 bits per heavy atom. The summed E-state index contributed by atoms with van der Waals surface area (Å²) < 4.78 is 13.4. The highest BCUT2D eigenvalue weighted by molar-refractivity contribution is 6.18. The number of rotatable bonds is 6. The molecule has 0 N–H and O–H groups in total. The van der Waals surface area contributed by atoms with Crippen molar-refractivity contribution in [3.05, 3.63) is 438 Å². The maximum Gasteiger partial charge on any atom is 0.135 e. The Hall–Kier alpha value is -14.8. The third-order valence-corrected chi connectivity index (χ3v) is 30.0. The maximum absolute atomic E-state index is 6.06. The molecular formula is C123H93N3O. The average molecular weight is 1630 g/mol. The lowest BCUT2D eigenvalue weighted by molar-refractivity contribution is 0.660. The average Bonchev–Trinajstić information content (AvgIpc) is 1.55. The largest absolute Gasteiger partial charge is 0.456 e. The number of para-hydroxylation sites is 4. The van der Waals surface area contributed by atoms with Crippen LogP contribution in [0.2, 0.25) is 0 Å². The van der Waals surface area contributed by atoms with Crippen molar-refractivity contribution in [3.8, 4) is 106 Å². The molecule has 4 aromatic heterocycles. The monoisotopic (exact) mass is 1630 g/mol. The fourth-order valence-corrected chi connectivity index (χ4v) is 23.7. The molecule has 27 rings (SSSR count). The van der Waals surface area contributed by atoms with Crippen LogP contribution in [0.3, 0.4) is 0 Å². The number of hydrogen-bond donors (Lipinski definition) is 0. The zero-order valence-corrected chi connectivity index (χ0v) is 73.1. The molecule has 0 saturated carbocycles. The highest BCUT2D eigenvalue weighted by Gasteiger charge is 2.42. The Labute approximate surface area is 740 Å². The first kappa shape index (κ1) is 74.8. The SMILES string of the molecule is CC1(C)c2ccccc2-c2cc(-c3ccc(-n4c5ccccc5c5c6c(ccc54)-c4ccccc4C6(C)C)cc3)ccc21.CC1(C)c2ccccc2-c2cc(-c3ccc(-n4c5ccccc5c5ccc6c(c54)-c4ccccc4C6(C)C)cc3)ccc21.CC1(C)c2ccccc2-c2cc3c4ccccc4n(-c4ccc(-c5ccc6oc7ccccc7c6c5)cc4)c3cc21. The summed E-state index contributed by atoms with van der Waals surface area (Å²) in [7, 11) is 0. The van der Waals surface area contributed by atoms with E-state index >= 15 is 0 Å². The first-order chi connectivity index (χ1) is 61.8. The van der Waals surface area contributed by atoms with Crippen LogP contribution in [0.4, 0.5) is 0 Å². The van der Waals surface area contributed by atoms with Crippen molar-refractivity contribution in [1.29, 1.82) is 0 Å². The van der Waals surface area contributed by atoms with Crippen LogP contribution in [-0.4, -0.2) is 13.7 Å². The molecule has 127 heavy (non-hydrogen) atoms. The van der Waals surface area contributed by atoms with Gasteiger partial charge in [-0.3, -0.25) is 0 Å². The summed E-state index contributed by atoms with van der Waals surface area (Å²) in [5.41, 5.74) is 48.1. The predicted molar refractivity (Wildman–Crippen MR) is 534 cm³/mol. The quantitative estimate of drug-likeness (QED) is 0.163. The normalized spacial score (nSPS) is 14.9. The standard InChI is InChI=1S/2C42H33N.C39H27NO/c1-41(2)34-14-8-6-12-30(34)33-25-27(19-23-36(33)41)26-17-20-28(21-18-26)43-37-16-10-7-13-32(37)39-38(43)24-22-31-29-11-5-9-15-35(29)42(3,4)40(31)39;1-41(2)34-14-8-5-11-29(34)33-25-27(19-23-36(33)41)26-17-20-28(21-18-26)43-38-16-10-7-12-30(38)31-22-24-37-39(40(31)43)32-13-6-9-15-35(32)42(37,3)4;1-39(2)33-12-6-3-9-27(33)30-22-31-28-10-4-7-13-35(28)40(36(31)23-34(30)39)26-18-15-24(16-19-26)25-17-20-38-32(21-25)29-11-5-8-14-37(29)41-38/h2*5-25H,1-4H3;3-23H,1-2H3. The lowest BCUT2D eigenvalue weighted by Gasteiger charge is -2.22. The van der Waals surface area contributed by atoms with Gasteiger partial charge in [0.25, 0.3) is 0 Å². The highest BCUT2D eigenvalue weighted by Crippen LogP contribution is 2.58. The van der Waals surface area contributed by atoms with Crippen LogP contribution in [0.15, 0.2) is 387 Å². The van der Waals surface area contributed by atoms with E-state index in [1.54, 1.807) is 0 Å². The van der Waals surface area contributed by atoms with E-state index in [0.29, 0.717) is 0 Å². The van der Waals surface area contributed by atoms with Gasteiger partial charge in [-0.25, -0.2) is 0 Å². The van der Waals surface area contributed by atoms with Crippen LogP contribution < -0.4 is 0 Å². The summed E-state index contributed by atoms with van der Waals surface area (Å²) in [6, 6.07) is 142. The van der Waals surface area contributed by atoms with Gasteiger partial charge in [-0.15, -0.1) is 0 Å². The molecule has 0 bridgehead atoms. The van der Waals surface area contributed by atoms with E-state index in [4.69, 9.17) is 4.42 Å². The molecule has 0 aliphatic heterocycles. The van der Waals surface area contributed by atoms with Crippen LogP contribution in [-0.2, 0) is 27.1 Å². The molecule has 0 unspecified atom stereocenters. The van der Waals surface area contributed by atoms with Gasteiger partial charge in [-0.2, -0.15) is 0 Å². The van der Waals surface area contributed by atoms with E-state index in [0.717, 1.165) is 21.9 Å². The van der Waals surface area contributed by atoms with E-state index in [-0.39, 0.29) is 27.1 Å². The first-order valence-electron chi connectivity index (χ1n) is 45.0. The van der Waals surface area contributed by atoms with Crippen molar-refractivity contribution < 1.29 is 4.42 Å². The van der Waals surface area contributed by atoms with Crippen LogP contribution in [0.5, 0.6) is 0 Å². The molecule has 0 atom stereocenters. The van der Waals surface area contributed by atoms with Gasteiger partial charge < -0.3 is 18.1 Å². The molecule has 22 aromatic rings. The minimum absolute atomic E-state index is 0.0261. The van der Waals surface area contributed by atoms with Crippen LogP contribution in [0.25, 0.3) is 193 Å². The van der Waals surface area contributed by atoms with Gasteiger partial charge in [0.05, 0.1) is 33.1 Å². The maximum atomic E-state index is 6.06. The van der Waals surface area contributed by atoms with Crippen molar-refractivity contribution >= 4 is 87.4 Å². The fraction of sp³-hybridized carbons (Fsp3) is 0.122.